The summed E-state index contributed by atoms with van der Waals surface area (Å²) < 4.78 is 18.6. The molecule has 0 unspecified atom stereocenters. The van der Waals surface area contributed by atoms with E-state index in [1.54, 1.807) is 31.3 Å². The molecule has 0 aliphatic carbocycles. The van der Waals surface area contributed by atoms with Gasteiger partial charge in [-0.2, -0.15) is 9.78 Å². The number of benzene rings is 2. The predicted molar refractivity (Wildman–Crippen MR) is 138 cm³/mol. The minimum absolute atomic E-state index is 0.242. The molecule has 0 N–H and O–H groups in total. The van der Waals surface area contributed by atoms with E-state index in [4.69, 9.17) is 14.2 Å². The second kappa shape index (κ2) is 12.1. The fourth-order valence-electron chi connectivity index (χ4n) is 3.22. The Morgan fingerprint density at radius 1 is 1.21 bits per heavy atom. The molecule has 10 heteroatoms. The molecule has 0 spiro atoms. The smallest absolute Gasteiger partial charge is 0.344 e. The van der Waals surface area contributed by atoms with Crippen LogP contribution in [0.5, 0.6) is 11.5 Å². The first-order chi connectivity index (χ1) is 16.4. The lowest BCUT2D eigenvalue weighted by molar-refractivity contribution is -0.145. The van der Waals surface area contributed by atoms with Gasteiger partial charge >= 0.3 is 5.97 Å². The molecule has 1 heterocycles. The zero-order valence-electron chi connectivity index (χ0n) is 19.1. The second-order valence-corrected chi connectivity index (χ2v) is 9.05. The highest BCUT2D eigenvalue weighted by Gasteiger charge is 2.15. The molecule has 0 atom stereocenters. The van der Waals surface area contributed by atoms with Crippen molar-refractivity contribution in [2.24, 2.45) is 5.10 Å². The number of fused-ring (bicyclic) bond motifs is 1. The van der Waals surface area contributed by atoms with E-state index >= 15 is 0 Å². The highest BCUT2D eigenvalue weighted by atomic mass is 79.9. The minimum Gasteiger partial charge on any atom is -0.493 e. The van der Waals surface area contributed by atoms with Crippen LogP contribution in [0.1, 0.15) is 38.1 Å². The number of ether oxygens (including phenoxy) is 3. The summed E-state index contributed by atoms with van der Waals surface area (Å²) in [4.78, 5) is 29.5. The van der Waals surface area contributed by atoms with Gasteiger partial charge in [-0.3, -0.25) is 4.79 Å². The van der Waals surface area contributed by atoms with Gasteiger partial charge in [-0.25, -0.2) is 9.78 Å². The Labute approximate surface area is 214 Å². The number of hydrogen-bond donors (Lipinski definition) is 0. The van der Waals surface area contributed by atoms with E-state index in [0.717, 1.165) is 17.3 Å². The number of rotatable bonds is 10. The van der Waals surface area contributed by atoms with E-state index < -0.39 is 5.97 Å². The number of nitrogens with zero attached hydrogens (tertiary/aromatic N) is 3. The summed E-state index contributed by atoms with van der Waals surface area (Å²) in [5.41, 5.74) is 1.06. The summed E-state index contributed by atoms with van der Waals surface area (Å²) in [6.45, 7) is 3.84. The maximum Gasteiger partial charge on any atom is 0.344 e. The molecular weight excluding hydrogens is 570 g/mol. The van der Waals surface area contributed by atoms with Crippen molar-refractivity contribution in [2.45, 2.75) is 33.1 Å². The number of hydrogen-bond acceptors (Lipinski definition) is 7. The molecule has 3 aromatic rings. The third-order valence-electron chi connectivity index (χ3n) is 4.84. The molecule has 3 rings (SSSR count). The van der Waals surface area contributed by atoms with Gasteiger partial charge < -0.3 is 14.2 Å². The standard InChI is InChI=1S/C24H25Br2N3O5/c1-4-6-7-21-28-19-9-8-16(25)12-17(19)24(31)29(21)27-13-15-10-18(26)23(20(11-15)32-3)34-14-22(30)33-5-2/h8-13H,4-7,14H2,1-3H3. The van der Waals surface area contributed by atoms with Crippen molar-refractivity contribution in [3.8, 4) is 11.5 Å². The Morgan fingerprint density at radius 3 is 2.71 bits per heavy atom. The zero-order valence-corrected chi connectivity index (χ0v) is 22.3. The van der Waals surface area contributed by atoms with Crippen LogP contribution in [0.3, 0.4) is 0 Å². The fraction of sp³-hybridized carbons (Fsp3) is 0.333. The second-order valence-electron chi connectivity index (χ2n) is 7.28. The zero-order chi connectivity index (χ0) is 24.7. The number of aryl methyl sites for hydroxylation is 1. The SMILES string of the molecule is CCCCc1nc2ccc(Br)cc2c(=O)n1N=Cc1cc(Br)c(OCC(=O)OCC)c(OC)c1. The first-order valence-electron chi connectivity index (χ1n) is 10.8. The molecule has 0 aliphatic rings. The van der Waals surface area contributed by atoms with E-state index in [0.29, 0.717) is 44.7 Å². The van der Waals surface area contributed by atoms with Crippen LogP contribution in [0.15, 0.2) is 49.2 Å². The number of carbonyl (C=O) groups is 1. The van der Waals surface area contributed by atoms with Gasteiger partial charge in [-0.05, 0) is 65.2 Å². The molecule has 2 aromatic carbocycles. The van der Waals surface area contributed by atoms with Crippen LogP contribution >= 0.6 is 31.9 Å². The molecule has 0 radical (unpaired) electrons. The number of halogens is 2. The van der Waals surface area contributed by atoms with Crippen LogP contribution < -0.4 is 15.0 Å². The molecule has 180 valence electrons. The fourth-order valence-corrected chi connectivity index (χ4v) is 4.16. The molecule has 34 heavy (non-hydrogen) atoms. The van der Waals surface area contributed by atoms with E-state index in [2.05, 4.69) is 48.9 Å². The maximum atomic E-state index is 13.2. The number of methoxy groups -OCH3 is 1. The Hall–Kier alpha value is -2.72. The molecule has 8 nitrogen and oxygen atoms in total. The summed E-state index contributed by atoms with van der Waals surface area (Å²) in [6, 6.07) is 8.89. The van der Waals surface area contributed by atoms with Crippen molar-refractivity contribution in [1.29, 1.82) is 0 Å². The molecule has 1 aromatic heterocycles. The van der Waals surface area contributed by atoms with Crippen molar-refractivity contribution in [1.82, 2.24) is 9.66 Å². The van der Waals surface area contributed by atoms with Crippen LogP contribution in [0, 0.1) is 0 Å². The summed E-state index contributed by atoms with van der Waals surface area (Å²) in [7, 11) is 1.50. The number of esters is 1. The quantitative estimate of drug-likeness (QED) is 0.240. The summed E-state index contributed by atoms with van der Waals surface area (Å²) in [5.74, 6) is 0.889. The summed E-state index contributed by atoms with van der Waals surface area (Å²) in [5, 5.41) is 4.94. The predicted octanol–water partition coefficient (Wildman–Crippen LogP) is 5.10. The lowest BCUT2D eigenvalue weighted by Crippen LogP contribution is -2.22. The normalized spacial score (nSPS) is 11.2. The van der Waals surface area contributed by atoms with Crippen LogP contribution in [0.4, 0.5) is 0 Å². The third-order valence-corrected chi connectivity index (χ3v) is 5.93. The van der Waals surface area contributed by atoms with Gasteiger partial charge in [0.1, 0.15) is 5.82 Å². The highest BCUT2D eigenvalue weighted by Crippen LogP contribution is 2.36. The van der Waals surface area contributed by atoms with Crippen molar-refractivity contribution in [3.63, 3.8) is 0 Å². The van der Waals surface area contributed by atoms with E-state index in [1.807, 2.05) is 12.1 Å². The Balaban J connectivity index is 1.98. The van der Waals surface area contributed by atoms with Gasteiger partial charge in [0.2, 0.25) is 0 Å². The van der Waals surface area contributed by atoms with Crippen LogP contribution in [-0.4, -0.2) is 42.2 Å². The van der Waals surface area contributed by atoms with Crippen molar-refractivity contribution in [2.75, 3.05) is 20.3 Å². The maximum absolute atomic E-state index is 13.2. The molecule has 0 saturated heterocycles. The average molecular weight is 595 g/mol. The van der Waals surface area contributed by atoms with E-state index in [9.17, 15) is 9.59 Å². The van der Waals surface area contributed by atoms with Gasteiger partial charge in [-0.15, -0.1) is 0 Å². The molecule has 0 fully saturated rings. The van der Waals surface area contributed by atoms with Gasteiger partial charge in [0, 0.05) is 10.9 Å². The van der Waals surface area contributed by atoms with E-state index in [-0.39, 0.29) is 18.8 Å². The number of unbranched alkanes of at least 4 members (excludes halogenated alkanes) is 1. The average Bonchev–Trinajstić information content (AvgIpc) is 2.81. The Kier molecular flexibility index (Phi) is 9.23. The van der Waals surface area contributed by atoms with Crippen LogP contribution in [-0.2, 0) is 16.0 Å². The first-order valence-corrected chi connectivity index (χ1v) is 12.4. The van der Waals surface area contributed by atoms with Crippen LogP contribution in [0.2, 0.25) is 0 Å². The van der Waals surface area contributed by atoms with Crippen molar-refractivity contribution in [3.05, 3.63) is 61.0 Å². The van der Waals surface area contributed by atoms with Gasteiger partial charge in [0.15, 0.2) is 18.1 Å². The largest absolute Gasteiger partial charge is 0.493 e. The molecule has 0 amide bonds. The minimum atomic E-state index is -0.475. The molecule has 0 saturated carbocycles. The highest BCUT2D eigenvalue weighted by molar-refractivity contribution is 9.10. The van der Waals surface area contributed by atoms with Crippen molar-refractivity contribution >= 4 is 54.9 Å². The molecule has 0 aliphatic heterocycles. The lowest BCUT2D eigenvalue weighted by Gasteiger charge is -2.13. The first kappa shape index (κ1) is 25.9. The topological polar surface area (TPSA) is 92.0 Å². The molecular formula is C24H25Br2N3O5. The summed E-state index contributed by atoms with van der Waals surface area (Å²) in [6.07, 6.45) is 4.04. The third kappa shape index (κ3) is 6.24. The van der Waals surface area contributed by atoms with Gasteiger partial charge in [0.25, 0.3) is 5.56 Å². The van der Waals surface area contributed by atoms with E-state index in [1.165, 1.54) is 11.8 Å². The van der Waals surface area contributed by atoms with Gasteiger partial charge in [-0.1, -0.05) is 29.3 Å². The Bertz CT molecular complexity index is 1270. The Morgan fingerprint density at radius 2 is 2.00 bits per heavy atom. The van der Waals surface area contributed by atoms with Gasteiger partial charge in [0.05, 0.1) is 35.3 Å². The monoisotopic (exact) mass is 593 g/mol. The lowest BCUT2D eigenvalue weighted by atomic mass is 10.2. The summed E-state index contributed by atoms with van der Waals surface area (Å²) >= 11 is 6.87. The molecule has 0 bridgehead atoms. The van der Waals surface area contributed by atoms with Crippen LogP contribution in [0.25, 0.3) is 10.9 Å². The van der Waals surface area contributed by atoms with Crippen molar-refractivity contribution < 1.29 is 19.0 Å². The number of aromatic nitrogens is 2. The number of carbonyl (C=O) groups excluding carboxylic acids is 1.